The highest BCUT2D eigenvalue weighted by Gasteiger charge is 2.27. The summed E-state index contributed by atoms with van der Waals surface area (Å²) in [5.74, 6) is 0. The topological polar surface area (TPSA) is 26.7 Å². The van der Waals surface area contributed by atoms with Gasteiger partial charge in [-0.1, -0.05) is 30.3 Å². The van der Waals surface area contributed by atoms with Gasteiger partial charge in [-0.15, -0.1) is 0 Å². The molecule has 2 atom stereocenters. The molecule has 0 saturated carbocycles. The van der Waals surface area contributed by atoms with E-state index in [1.165, 1.54) is 24.9 Å². The van der Waals surface area contributed by atoms with E-state index in [1.54, 1.807) is 0 Å². The van der Waals surface area contributed by atoms with E-state index in [2.05, 4.69) is 54.1 Å². The Labute approximate surface area is 129 Å². The second-order valence-corrected chi connectivity index (χ2v) is 6.39. The maximum absolute atomic E-state index is 8.88. The van der Waals surface area contributed by atoms with E-state index in [4.69, 9.17) is 5.11 Å². The summed E-state index contributed by atoms with van der Waals surface area (Å²) in [6.45, 7) is 6.04. The SMILES string of the molecule is CC1CC(N(C)CCCCO)CCN1Cc1ccccc1. The summed E-state index contributed by atoms with van der Waals surface area (Å²) in [4.78, 5) is 5.10. The average Bonchev–Trinajstić information content (AvgIpc) is 2.50. The van der Waals surface area contributed by atoms with Gasteiger partial charge in [0.05, 0.1) is 0 Å². The van der Waals surface area contributed by atoms with E-state index in [1.807, 2.05) is 0 Å². The Balaban J connectivity index is 1.79. The van der Waals surface area contributed by atoms with Crippen LogP contribution >= 0.6 is 0 Å². The first kappa shape index (κ1) is 16.5. The van der Waals surface area contributed by atoms with E-state index in [9.17, 15) is 0 Å². The van der Waals surface area contributed by atoms with Crippen molar-refractivity contribution in [3.63, 3.8) is 0 Å². The van der Waals surface area contributed by atoms with Gasteiger partial charge < -0.3 is 10.0 Å². The number of aliphatic hydroxyl groups excluding tert-OH is 1. The molecule has 0 spiro atoms. The number of unbranched alkanes of at least 4 members (excludes halogenated alkanes) is 1. The monoisotopic (exact) mass is 290 g/mol. The van der Waals surface area contributed by atoms with Crippen LogP contribution in [0.1, 0.15) is 38.2 Å². The van der Waals surface area contributed by atoms with Crippen LogP contribution in [0.5, 0.6) is 0 Å². The number of piperidine rings is 1. The Kier molecular flexibility index (Phi) is 6.68. The van der Waals surface area contributed by atoms with Crippen molar-refractivity contribution < 1.29 is 5.11 Å². The van der Waals surface area contributed by atoms with Gasteiger partial charge in [0, 0.05) is 31.8 Å². The minimum atomic E-state index is 0.319. The molecule has 3 nitrogen and oxygen atoms in total. The van der Waals surface area contributed by atoms with Crippen LogP contribution in [0, 0.1) is 0 Å². The van der Waals surface area contributed by atoms with Crippen LogP contribution in [0.2, 0.25) is 0 Å². The fourth-order valence-electron chi connectivity index (χ4n) is 3.30. The molecule has 1 aromatic carbocycles. The number of likely N-dealkylation sites (tertiary alicyclic amines) is 1. The van der Waals surface area contributed by atoms with Gasteiger partial charge in [-0.05, 0) is 51.8 Å². The van der Waals surface area contributed by atoms with Gasteiger partial charge in [-0.2, -0.15) is 0 Å². The molecular formula is C18H30N2O. The highest BCUT2D eigenvalue weighted by atomic mass is 16.2. The lowest BCUT2D eigenvalue weighted by molar-refractivity contribution is 0.0789. The lowest BCUT2D eigenvalue weighted by Gasteiger charge is -2.41. The van der Waals surface area contributed by atoms with E-state index in [0.29, 0.717) is 18.7 Å². The predicted octanol–water partition coefficient (Wildman–Crippen LogP) is 2.74. The van der Waals surface area contributed by atoms with Crippen molar-refractivity contribution >= 4 is 0 Å². The van der Waals surface area contributed by atoms with E-state index in [-0.39, 0.29) is 0 Å². The number of hydrogen-bond acceptors (Lipinski definition) is 3. The zero-order valence-corrected chi connectivity index (χ0v) is 13.5. The molecule has 0 bridgehead atoms. The fourth-order valence-corrected chi connectivity index (χ4v) is 3.30. The molecule has 1 fully saturated rings. The van der Waals surface area contributed by atoms with Crippen molar-refractivity contribution in [2.45, 2.75) is 51.2 Å². The largest absolute Gasteiger partial charge is 0.396 e. The molecular weight excluding hydrogens is 260 g/mol. The summed E-state index contributed by atoms with van der Waals surface area (Å²) in [6.07, 6.45) is 4.54. The lowest BCUT2D eigenvalue weighted by Crippen LogP contribution is -2.47. The van der Waals surface area contributed by atoms with Crippen LogP contribution in [0.15, 0.2) is 30.3 Å². The molecule has 0 radical (unpaired) electrons. The molecule has 1 heterocycles. The normalized spacial score (nSPS) is 23.6. The molecule has 21 heavy (non-hydrogen) atoms. The maximum atomic E-state index is 8.88. The van der Waals surface area contributed by atoms with E-state index < -0.39 is 0 Å². The van der Waals surface area contributed by atoms with Crippen molar-refractivity contribution in [2.75, 3.05) is 26.7 Å². The summed E-state index contributed by atoms with van der Waals surface area (Å²) in [5.41, 5.74) is 1.42. The number of nitrogens with zero attached hydrogens (tertiary/aromatic N) is 2. The summed E-state index contributed by atoms with van der Waals surface area (Å²) < 4.78 is 0. The zero-order chi connectivity index (χ0) is 15.1. The molecule has 0 aromatic heterocycles. The Hall–Kier alpha value is -0.900. The fraction of sp³-hybridized carbons (Fsp3) is 0.667. The lowest BCUT2D eigenvalue weighted by atomic mass is 9.96. The third kappa shape index (κ3) is 5.10. The van der Waals surface area contributed by atoms with Crippen LogP contribution in [0.4, 0.5) is 0 Å². The summed E-state index contributed by atoms with van der Waals surface area (Å²) >= 11 is 0. The second-order valence-electron chi connectivity index (χ2n) is 6.39. The maximum Gasteiger partial charge on any atom is 0.0431 e. The number of hydrogen-bond donors (Lipinski definition) is 1. The van der Waals surface area contributed by atoms with Crippen LogP contribution < -0.4 is 0 Å². The van der Waals surface area contributed by atoms with Crippen LogP contribution in [-0.4, -0.2) is 53.7 Å². The molecule has 2 rings (SSSR count). The van der Waals surface area contributed by atoms with Crippen molar-refractivity contribution in [1.29, 1.82) is 0 Å². The molecule has 0 aliphatic carbocycles. The zero-order valence-electron chi connectivity index (χ0n) is 13.5. The van der Waals surface area contributed by atoms with Gasteiger partial charge in [-0.25, -0.2) is 0 Å². The third-order valence-corrected chi connectivity index (χ3v) is 4.76. The minimum Gasteiger partial charge on any atom is -0.396 e. The molecule has 3 heteroatoms. The highest BCUT2D eigenvalue weighted by molar-refractivity contribution is 5.14. The van der Waals surface area contributed by atoms with Gasteiger partial charge >= 0.3 is 0 Å². The van der Waals surface area contributed by atoms with Gasteiger partial charge in [0.15, 0.2) is 0 Å². The second kappa shape index (κ2) is 8.52. The Morgan fingerprint density at radius 1 is 1.24 bits per heavy atom. The first-order valence-corrected chi connectivity index (χ1v) is 8.29. The van der Waals surface area contributed by atoms with Crippen molar-refractivity contribution in [1.82, 2.24) is 9.80 Å². The van der Waals surface area contributed by atoms with Crippen molar-refractivity contribution in [2.24, 2.45) is 0 Å². The van der Waals surface area contributed by atoms with Crippen molar-refractivity contribution in [3.8, 4) is 0 Å². The molecule has 1 N–H and O–H groups in total. The molecule has 118 valence electrons. The summed E-state index contributed by atoms with van der Waals surface area (Å²) in [5, 5.41) is 8.88. The first-order chi connectivity index (χ1) is 10.2. The van der Waals surface area contributed by atoms with E-state index >= 15 is 0 Å². The first-order valence-electron chi connectivity index (χ1n) is 8.29. The standard InChI is InChI=1S/C18H30N2O/c1-16-14-18(19(2)11-6-7-13-21)10-12-20(16)15-17-8-4-3-5-9-17/h3-5,8-9,16,18,21H,6-7,10-15H2,1-2H3. The minimum absolute atomic E-state index is 0.319. The molecule has 0 amide bonds. The summed E-state index contributed by atoms with van der Waals surface area (Å²) in [7, 11) is 2.24. The predicted molar refractivity (Wildman–Crippen MR) is 88.3 cm³/mol. The van der Waals surface area contributed by atoms with Crippen LogP contribution in [0.3, 0.4) is 0 Å². The van der Waals surface area contributed by atoms with Gasteiger partial charge in [0.1, 0.15) is 0 Å². The quantitative estimate of drug-likeness (QED) is 0.782. The Bertz CT molecular complexity index is 395. The molecule has 1 aromatic rings. The van der Waals surface area contributed by atoms with Gasteiger partial charge in [-0.3, -0.25) is 4.90 Å². The molecule has 1 aliphatic rings. The smallest absolute Gasteiger partial charge is 0.0431 e. The third-order valence-electron chi connectivity index (χ3n) is 4.76. The average molecular weight is 290 g/mol. The number of benzene rings is 1. The Morgan fingerprint density at radius 3 is 2.67 bits per heavy atom. The van der Waals surface area contributed by atoms with E-state index in [0.717, 1.165) is 25.9 Å². The van der Waals surface area contributed by atoms with Crippen molar-refractivity contribution in [3.05, 3.63) is 35.9 Å². The molecule has 1 saturated heterocycles. The van der Waals surface area contributed by atoms with Crippen LogP contribution in [0.25, 0.3) is 0 Å². The molecule has 1 aliphatic heterocycles. The van der Waals surface area contributed by atoms with Crippen LogP contribution in [-0.2, 0) is 6.54 Å². The highest BCUT2D eigenvalue weighted by Crippen LogP contribution is 2.23. The van der Waals surface area contributed by atoms with Gasteiger partial charge in [0.25, 0.3) is 0 Å². The molecule has 2 unspecified atom stereocenters. The van der Waals surface area contributed by atoms with Gasteiger partial charge in [0.2, 0.25) is 0 Å². The number of rotatable bonds is 7. The summed E-state index contributed by atoms with van der Waals surface area (Å²) in [6, 6.07) is 12.1. The Morgan fingerprint density at radius 2 is 2.00 bits per heavy atom. The number of aliphatic hydroxyl groups is 1.